The van der Waals surface area contributed by atoms with Crippen LogP contribution in [0.4, 0.5) is 4.39 Å². The van der Waals surface area contributed by atoms with Gasteiger partial charge < -0.3 is 29.5 Å². The van der Waals surface area contributed by atoms with Gasteiger partial charge in [0.15, 0.2) is 11.5 Å². The van der Waals surface area contributed by atoms with Gasteiger partial charge in [-0.2, -0.15) is 0 Å². The number of nitrogens with zero attached hydrogens (tertiary/aromatic N) is 1. The van der Waals surface area contributed by atoms with E-state index in [1.165, 1.54) is 18.2 Å². The molecule has 0 saturated carbocycles. The predicted octanol–water partition coefficient (Wildman–Crippen LogP) is 5.56. The molecule has 1 atom stereocenters. The third kappa shape index (κ3) is 5.83. The Morgan fingerprint density at radius 2 is 1.88 bits per heavy atom. The van der Waals surface area contributed by atoms with Crippen LogP contribution in [0.3, 0.4) is 0 Å². The van der Waals surface area contributed by atoms with Crippen LogP contribution in [0.15, 0.2) is 78.9 Å². The van der Waals surface area contributed by atoms with Crippen molar-refractivity contribution in [2.45, 2.75) is 25.3 Å². The van der Waals surface area contributed by atoms with Crippen molar-refractivity contribution >= 4 is 11.8 Å². The number of carbonyl (C=O) groups is 2. The number of nitrogens with one attached hydrogen (secondary N) is 1. The highest BCUT2D eigenvalue weighted by Crippen LogP contribution is 2.41. The molecule has 0 radical (unpaired) electrons. The molecule has 8 nitrogen and oxygen atoms in total. The molecule has 4 aromatic rings. The SMILES string of the molecule is COc1ccc2cc1OCCCNC(=O)c1cc(ccc1O)Oc1ccc3c(c1)CCN(C(=O)Cc1ccccc1F)C23. The van der Waals surface area contributed by atoms with Crippen LogP contribution in [-0.4, -0.2) is 48.6 Å². The minimum atomic E-state index is -0.455. The topological polar surface area (TPSA) is 97.3 Å². The van der Waals surface area contributed by atoms with Crippen LogP contribution in [0.2, 0.25) is 0 Å². The average Bonchev–Trinajstić information content (AvgIpc) is 3.01. The zero-order chi connectivity index (χ0) is 29.9. The molecule has 2 amide bonds. The molecule has 220 valence electrons. The zero-order valence-corrected chi connectivity index (χ0v) is 23.6. The number of amides is 2. The van der Waals surface area contributed by atoms with E-state index in [9.17, 15) is 19.1 Å². The maximum Gasteiger partial charge on any atom is 0.255 e. The van der Waals surface area contributed by atoms with E-state index in [0.717, 1.165) is 16.7 Å². The van der Waals surface area contributed by atoms with Gasteiger partial charge in [0, 0.05) is 13.1 Å². The van der Waals surface area contributed by atoms with E-state index < -0.39 is 17.8 Å². The molecule has 0 saturated heterocycles. The second-order valence-electron chi connectivity index (χ2n) is 10.5. The summed E-state index contributed by atoms with van der Waals surface area (Å²) >= 11 is 0. The Morgan fingerprint density at radius 3 is 2.72 bits per heavy atom. The Hall–Kier alpha value is -5.05. The minimum Gasteiger partial charge on any atom is -0.507 e. The van der Waals surface area contributed by atoms with Gasteiger partial charge in [-0.05, 0) is 83.6 Å². The highest BCUT2D eigenvalue weighted by molar-refractivity contribution is 5.97. The summed E-state index contributed by atoms with van der Waals surface area (Å²) in [6.45, 7) is 1.02. The first kappa shape index (κ1) is 28.1. The van der Waals surface area contributed by atoms with Crippen molar-refractivity contribution in [3.05, 3.63) is 112 Å². The summed E-state index contributed by atoms with van der Waals surface area (Å²) in [5.74, 6) is 0.839. The Bertz CT molecular complexity index is 1690. The van der Waals surface area contributed by atoms with Gasteiger partial charge in [-0.15, -0.1) is 0 Å². The first-order valence-corrected chi connectivity index (χ1v) is 14.2. The number of aromatic hydroxyl groups is 1. The van der Waals surface area contributed by atoms with E-state index in [-0.39, 0.29) is 30.2 Å². The Balaban J connectivity index is 1.43. The number of phenolic OH excluding ortho intramolecular Hbond substituents is 1. The van der Waals surface area contributed by atoms with Crippen molar-refractivity contribution in [1.29, 1.82) is 0 Å². The van der Waals surface area contributed by atoms with Crippen LogP contribution in [0.1, 0.15) is 45.1 Å². The molecule has 8 bridgehead atoms. The lowest BCUT2D eigenvalue weighted by molar-refractivity contribution is -0.132. The second-order valence-corrected chi connectivity index (χ2v) is 10.5. The van der Waals surface area contributed by atoms with Crippen LogP contribution in [0, 0.1) is 5.82 Å². The molecule has 43 heavy (non-hydrogen) atoms. The Morgan fingerprint density at radius 1 is 1.07 bits per heavy atom. The van der Waals surface area contributed by atoms with E-state index >= 15 is 0 Å². The maximum absolute atomic E-state index is 14.5. The number of rotatable bonds is 3. The van der Waals surface area contributed by atoms with Gasteiger partial charge in [0.1, 0.15) is 23.1 Å². The summed E-state index contributed by atoms with van der Waals surface area (Å²) in [6.07, 6.45) is 1.00. The van der Waals surface area contributed by atoms with Gasteiger partial charge >= 0.3 is 0 Å². The molecule has 2 N–H and O–H groups in total. The lowest BCUT2D eigenvalue weighted by atomic mass is 9.87. The maximum atomic E-state index is 14.5. The molecule has 0 aromatic heterocycles. The fourth-order valence-electron chi connectivity index (χ4n) is 5.63. The molecule has 3 aliphatic rings. The molecule has 3 aliphatic heterocycles. The Kier molecular flexibility index (Phi) is 7.87. The summed E-state index contributed by atoms with van der Waals surface area (Å²) < 4.78 is 32.3. The number of methoxy groups -OCH3 is 1. The molecule has 9 heteroatoms. The van der Waals surface area contributed by atoms with E-state index in [4.69, 9.17) is 14.2 Å². The summed E-state index contributed by atoms with van der Waals surface area (Å²) in [4.78, 5) is 28.3. The minimum absolute atomic E-state index is 0.0614. The number of benzene rings is 4. The van der Waals surface area contributed by atoms with Crippen molar-refractivity contribution < 1.29 is 33.3 Å². The first-order valence-electron chi connectivity index (χ1n) is 14.2. The predicted molar refractivity (Wildman–Crippen MR) is 157 cm³/mol. The van der Waals surface area contributed by atoms with Crippen LogP contribution in [-0.2, 0) is 17.6 Å². The molecular weight excluding hydrogens is 551 g/mol. The molecule has 7 rings (SSSR count). The number of hydrogen-bond acceptors (Lipinski definition) is 6. The van der Waals surface area contributed by atoms with Crippen molar-refractivity contribution in [2.75, 3.05) is 26.8 Å². The van der Waals surface area contributed by atoms with Crippen molar-refractivity contribution in [1.82, 2.24) is 10.2 Å². The monoisotopic (exact) mass is 582 g/mol. The van der Waals surface area contributed by atoms with Gasteiger partial charge in [0.2, 0.25) is 5.91 Å². The molecular formula is C34H31FN2O6. The molecule has 0 fully saturated rings. The van der Waals surface area contributed by atoms with Crippen LogP contribution >= 0.6 is 0 Å². The van der Waals surface area contributed by atoms with E-state index in [0.29, 0.717) is 54.5 Å². The quantitative estimate of drug-likeness (QED) is 0.328. The molecule has 0 spiro atoms. The van der Waals surface area contributed by atoms with E-state index in [1.54, 1.807) is 36.3 Å². The average molecular weight is 583 g/mol. The van der Waals surface area contributed by atoms with E-state index in [1.807, 2.05) is 36.4 Å². The molecule has 1 unspecified atom stereocenters. The largest absolute Gasteiger partial charge is 0.507 e. The van der Waals surface area contributed by atoms with Gasteiger partial charge in [-0.25, -0.2) is 4.39 Å². The highest BCUT2D eigenvalue weighted by atomic mass is 19.1. The highest BCUT2D eigenvalue weighted by Gasteiger charge is 2.33. The van der Waals surface area contributed by atoms with Gasteiger partial charge in [0.05, 0.1) is 31.7 Å². The van der Waals surface area contributed by atoms with Gasteiger partial charge in [-0.1, -0.05) is 30.3 Å². The van der Waals surface area contributed by atoms with Crippen molar-refractivity contribution in [2.24, 2.45) is 0 Å². The number of halogens is 1. The fraction of sp³-hybridized carbons (Fsp3) is 0.235. The summed E-state index contributed by atoms with van der Waals surface area (Å²) in [5.41, 5.74) is 3.19. The third-order valence-corrected chi connectivity index (χ3v) is 7.78. The smallest absolute Gasteiger partial charge is 0.255 e. The summed E-state index contributed by atoms with van der Waals surface area (Å²) in [7, 11) is 1.56. The lowest BCUT2D eigenvalue weighted by Crippen LogP contribution is -2.41. The molecule has 4 aromatic carbocycles. The molecule has 3 heterocycles. The lowest BCUT2D eigenvalue weighted by Gasteiger charge is -2.38. The molecule has 0 aliphatic carbocycles. The van der Waals surface area contributed by atoms with Crippen LogP contribution in [0.5, 0.6) is 28.7 Å². The zero-order valence-electron chi connectivity index (χ0n) is 23.6. The third-order valence-electron chi connectivity index (χ3n) is 7.78. The van der Waals surface area contributed by atoms with Crippen LogP contribution < -0.4 is 19.5 Å². The number of hydrogen-bond donors (Lipinski definition) is 2. The number of phenols is 1. The standard InChI is InChI=1S/C34H31FN2O6/c1-41-30-12-7-23-18-31(30)42-16-4-14-36-34(40)27-20-25(9-11-29(27)38)43-24-8-10-26-21(17-24)13-15-37(33(23)26)32(39)19-22-5-2-3-6-28(22)35/h2-3,5-12,17-18,20,33,38H,4,13-16,19H2,1H3,(H,36,40). The van der Waals surface area contributed by atoms with Crippen molar-refractivity contribution in [3.63, 3.8) is 0 Å². The number of fused-ring (bicyclic) bond motifs is 6. The first-order chi connectivity index (χ1) is 20.9. The normalized spacial score (nSPS) is 16.3. The second kappa shape index (κ2) is 12.1. The number of ether oxygens (including phenoxy) is 3. The van der Waals surface area contributed by atoms with Gasteiger partial charge in [-0.3, -0.25) is 9.59 Å². The fourth-order valence-corrected chi connectivity index (χ4v) is 5.63. The Labute approximate surface area is 248 Å². The number of carbonyl (C=O) groups excluding carboxylic acids is 2. The van der Waals surface area contributed by atoms with Gasteiger partial charge in [0.25, 0.3) is 5.91 Å². The summed E-state index contributed by atoms with van der Waals surface area (Å²) in [6, 6.07) is 21.7. The summed E-state index contributed by atoms with van der Waals surface area (Å²) in [5, 5.41) is 13.1. The van der Waals surface area contributed by atoms with E-state index in [2.05, 4.69) is 5.32 Å². The van der Waals surface area contributed by atoms with Crippen molar-refractivity contribution in [3.8, 4) is 28.7 Å². The van der Waals surface area contributed by atoms with Crippen LogP contribution in [0.25, 0.3) is 0 Å².